The van der Waals surface area contributed by atoms with Crippen LogP contribution in [0.3, 0.4) is 0 Å². The number of aromatic nitrogens is 1. The van der Waals surface area contributed by atoms with Gasteiger partial charge in [0.2, 0.25) is 0 Å². The summed E-state index contributed by atoms with van der Waals surface area (Å²) in [7, 11) is 0. The van der Waals surface area contributed by atoms with Gasteiger partial charge in [-0.15, -0.1) is 0 Å². The molecule has 2 nitrogen and oxygen atoms in total. The van der Waals surface area contributed by atoms with Crippen molar-refractivity contribution in [1.29, 1.82) is 0 Å². The Morgan fingerprint density at radius 3 is 2.70 bits per heavy atom. The Kier molecular flexibility index (Phi) is 5.69. The van der Waals surface area contributed by atoms with E-state index in [0.29, 0.717) is 16.5 Å². The van der Waals surface area contributed by atoms with Crippen molar-refractivity contribution < 1.29 is 4.39 Å². The van der Waals surface area contributed by atoms with Gasteiger partial charge in [-0.2, -0.15) is 0 Å². The van der Waals surface area contributed by atoms with E-state index in [1.807, 2.05) is 31.2 Å². The first-order chi connectivity index (χ1) is 9.61. The zero-order valence-electron chi connectivity index (χ0n) is 11.0. The van der Waals surface area contributed by atoms with Crippen LogP contribution in [0.25, 0.3) is 0 Å². The van der Waals surface area contributed by atoms with E-state index in [2.05, 4.69) is 42.2 Å². The molecule has 0 amide bonds. The standard InChI is InChI=1S/C15H15Br2FN2/c1-2-19-14(8-11-7-6-10(16)9-20-11)12-4-3-5-13(17)15(12)18/h3-7,9,14,19H,2,8H2,1H3. The molecule has 0 aliphatic heterocycles. The van der Waals surface area contributed by atoms with Gasteiger partial charge in [0.25, 0.3) is 0 Å². The molecule has 1 unspecified atom stereocenters. The Morgan fingerprint density at radius 1 is 1.25 bits per heavy atom. The third kappa shape index (κ3) is 3.87. The molecule has 106 valence electrons. The Bertz CT molecular complexity index is 573. The zero-order chi connectivity index (χ0) is 14.5. The lowest BCUT2D eigenvalue weighted by Crippen LogP contribution is -2.24. The van der Waals surface area contributed by atoms with Crippen molar-refractivity contribution >= 4 is 31.9 Å². The number of likely N-dealkylation sites (N-methyl/N-ethyl adjacent to an activating group) is 1. The third-order valence-corrected chi connectivity index (χ3v) is 4.09. The number of pyridine rings is 1. The predicted octanol–water partition coefficient (Wildman–Crippen LogP) is 4.64. The maximum Gasteiger partial charge on any atom is 0.142 e. The van der Waals surface area contributed by atoms with Crippen LogP contribution in [0.15, 0.2) is 45.5 Å². The van der Waals surface area contributed by atoms with E-state index < -0.39 is 0 Å². The summed E-state index contributed by atoms with van der Waals surface area (Å²) in [5, 5.41) is 3.32. The first-order valence-corrected chi connectivity index (χ1v) is 7.98. The molecule has 0 saturated carbocycles. The molecule has 1 N–H and O–H groups in total. The van der Waals surface area contributed by atoms with Gasteiger partial charge >= 0.3 is 0 Å². The first kappa shape index (κ1) is 15.6. The molecule has 2 aromatic rings. The molecule has 1 aromatic carbocycles. The van der Waals surface area contributed by atoms with Crippen LogP contribution in [0.1, 0.15) is 24.2 Å². The molecule has 0 fully saturated rings. The van der Waals surface area contributed by atoms with Crippen molar-refractivity contribution in [3.8, 4) is 0 Å². The van der Waals surface area contributed by atoms with Crippen molar-refractivity contribution in [1.82, 2.24) is 10.3 Å². The van der Waals surface area contributed by atoms with E-state index in [9.17, 15) is 4.39 Å². The molecule has 20 heavy (non-hydrogen) atoms. The second-order valence-electron chi connectivity index (χ2n) is 4.43. The van der Waals surface area contributed by atoms with Crippen LogP contribution in [0, 0.1) is 5.82 Å². The van der Waals surface area contributed by atoms with Crippen molar-refractivity contribution in [3.05, 3.63) is 62.5 Å². The SMILES string of the molecule is CCNC(Cc1ccc(Br)cn1)c1cccc(Br)c1F. The maximum absolute atomic E-state index is 14.2. The predicted molar refractivity (Wildman–Crippen MR) is 86.2 cm³/mol. The van der Waals surface area contributed by atoms with Gasteiger partial charge < -0.3 is 5.32 Å². The average Bonchev–Trinajstić information content (AvgIpc) is 2.44. The van der Waals surface area contributed by atoms with Gasteiger partial charge in [-0.25, -0.2) is 4.39 Å². The molecule has 0 aliphatic carbocycles. The van der Waals surface area contributed by atoms with Gasteiger partial charge in [0.15, 0.2) is 0 Å². The lowest BCUT2D eigenvalue weighted by atomic mass is 10.0. The van der Waals surface area contributed by atoms with Crippen LogP contribution < -0.4 is 5.32 Å². The molecule has 1 heterocycles. The highest BCUT2D eigenvalue weighted by molar-refractivity contribution is 9.10. The Hall–Kier alpha value is -0.780. The highest BCUT2D eigenvalue weighted by Crippen LogP contribution is 2.26. The van der Waals surface area contributed by atoms with E-state index in [-0.39, 0.29) is 11.9 Å². The Labute approximate surface area is 135 Å². The summed E-state index contributed by atoms with van der Waals surface area (Å²) in [4.78, 5) is 4.36. The number of hydrogen-bond acceptors (Lipinski definition) is 2. The minimum absolute atomic E-state index is 0.0915. The number of rotatable bonds is 5. The van der Waals surface area contributed by atoms with E-state index in [4.69, 9.17) is 0 Å². The number of nitrogens with zero attached hydrogens (tertiary/aromatic N) is 1. The highest BCUT2D eigenvalue weighted by atomic mass is 79.9. The normalized spacial score (nSPS) is 12.4. The van der Waals surface area contributed by atoms with Crippen LogP contribution in [0.2, 0.25) is 0 Å². The molecular formula is C15H15Br2FN2. The summed E-state index contributed by atoms with van der Waals surface area (Å²) in [6, 6.07) is 9.17. The Morgan fingerprint density at radius 2 is 2.05 bits per heavy atom. The summed E-state index contributed by atoms with van der Waals surface area (Å²) in [6.07, 6.45) is 2.41. The molecule has 0 spiro atoms. The van der Waals surface area contributed by atoms with Gasteiger partial charge in [0, 0.05) is 34.4 Å². The summed E-state index contributed by atoms with van der Waals surface area (Å²) in [5.41, 5.74) is 1.59. The molecule has 1 aromatic heterocycles. The topological polar surface area (TPSA) is 24.9 Å². The minimum atomic E-state index is -0.212. The summed E-state index contributed by atoms with van der Waals surface area (Å²) in [5.74, 6) is -0.212. The van der Waals surface area contributed by atoms with Crippen LogP contribution >= 0.6 is 31.9 Å². The summed E-state index contributed by atoms with van der Waals surface area (Å²) >= 11 is 6.60. The molecule has 0 radical (unpaired) electrons. The van der Waals surface area contributed by atoms with Gasteiger partial charge in [0.05, 0.1) is 4.47 Å². The second kappa shape index (κ2) is 7.29. The average molecular weight is 402 g/mol. The molecular weight excluding hydrogens is 387 g/mol. The molecule has 0 saturated heterocycles. The van der Waals surface area contributed by atoms with Gasteiger partial charge in [-0.3, -0.25) is 4.98 Å². The fourth-order valence-corrected chi connectivity index (χ4v) is 2.68. The van der Waals surface area contributed by atoms with Crippen LogP contribution in [0.5, 0.6) is 0 Å². The lowest BCUT2D eigenvalue weighted by molar-refractivity contribution is 0.504. The van der Waals surface area contributed by atoms with Crippen molar-refractivity contribution in [2.24, 2.45) is 0 Å². The fraction of sp³-hybridized carbons (Fsp3) is 0.267. The van der Waals surface area contributed by atoms with Gasteiger partial charge in [0.1, 0.15) is 5.82 Å². The lowest BCUT2D eigenvalue weighted by Gasteiger charge is -2.19. The molecule has 0 bridgehead atoms. The number of nitrogens with one attached hydrogen (secondary N) is 1. The van der Waals surface area contributed by atoms with Gasteiger partial charge in [-0.05, 0) is 56.6 Å². The molecule has 5 heteroatoms. The number of halogens is 3. The van der Waals surface area contributed by atoms with Crippen LogP contribution in [-0.4, -0.2) is 11.5 Å². The highest BCUT2D eigenvalue weighted by Gasteiger charge is 2.17. The molecule has 0 aliphatic rings. The van der Waals surface area contributed by atoms with Gasteiger partial charge in [-0.1, -0.05) is 19.1 Å². The van der Waals surface area contributed by atoms with Crippen molar-refractivity contribution in [3.63, 3.8) is 0 Å². The number of benzene rings is 1. The smallest absolute Gasteiger partial charge is 0.142 e. The van der Waals surface area contributed by atoms with Crippen molar-refractivity contribution in [2.75, 3.05) is 6.54 Å². The van der Waals surface area contributed by atoms with E-state index >= 15 is 0 Å². The minimum Gasteiger partial charge on any atom is -0.310 e. The molecule has 2 rings (SSSR count). The number of hydrogen-bond donors (Lipinski definition) is 1. The summed E-state index contributed by atoms with van der Waals surface area (Å²) in [6.45, 7) is 2.78. The van der Waals surface area contributed by atoms with Crippen molar-refractivity contribution in [2.45, 2.75) is 19.4 Å². The molecule has 1 atom stereocenters. The van der Waals surface area contributed by atoms with Crippen LogP contribution in [0.4, 0.5) is 4.39 Å². The van der Waals surface area contributed by atoms with E-state index in [1.165, 1.54) is 0 Å². The second-order valence-corrected chi connectivity index (χ2v) is 6.20. The third-order valence-electron chi connectivity index (χ3n) is 3.01. The van der Waals surface area contributed by atoms with E-state index in [1.54, 1.807) is 12.3 Å². The monoisotopic (exact) mass is 400 g/mol. The Balaban J connectivity index is 2.26. The van der Waals surface area contributed by atoms with E-state index in [0.717, 1.165) is 16.7 Å². The maximum atomic E-state index is 14.2. The largest absolute Gasteiger partial charge is 0.310 e. The summed E-state index contributed by atoms with van der Waals surface area (Å²) < 4.78 is 15.7. The fourth-order valence-electron chi connectivity index (χ4n) is 2.06. The zero-order valence-corrected chi connectivity index (χ0v) is 14.2. The quantitative estimate of drug-likeness (QED) is 0.789. The van der Waals surface area contributed by atoms with Crippen LogP contribution in [-0.2, 0) is 6.42 Å². The first-order valence-electron chi connectivity index (χ1n) is 6.39.